The van der Waals surface area contributed by atoms with Crippen molar-refractivity contribution in [1.29, 1.82) is 0 Å². The van der Waals surface area contributed by atoms with Crippen molar-refractivity contribution in [3.05, 3.63) is 109 Å². The molecule has 0 aromatic rings. The first-order valence-electron chi connectivity index (χ1n) is 30.7. The minimum absolute atomic E-state index is 0.0325. The molecule has 76 heavy (non-hydrogen) atoms. The molecule has 0 heterocycles. The summed E-state index contributed by atoms with van der Waals surface area (Å²) in [4.78, 5) is 39.9. The second-order valence-corrected chi connectivity index (χ2v) is 22.9. The van der Waals surface area contributed by atoms with Gasteiger partial charge in [-0.1, -0.05) is 246 Å². The maximum Gasteiger partial charge on any atom is 0.306 e. The van der Waals surface area contributed by atoms with Crippen LogP contribution in [0.25, 0.3) is 0 Å². The Hall–Kier alpha value is -3.33. The molecule has 0 bridgehead atoms. The lowest BCUT2D eigenvalue weighted by molar-refractivity contribution is -0.870. The van der Waals surface area contributed by atoms with Crippen LogP contribution in [0.2, 0.25) is 0 Å². The van der Waals surface area contributed by atoms with Crippen molar-refractivity contribution in [2.75, 3.05) is 40.9 Å². The summed E-state index contributed by atoms with van der Waals surface area (Å²) in [6.07, 6.45) is 74.9. The first kappa shape index (κ1) is 72.7. The summed E-state index contributed by atoms with van der Waals surface area (Å²) in [5, 5.41) is 3.02. The number of phosphoric acid groups is 1. The van der Waals surface area contributed by atoms with Gasteiger partial charge >= 0.3 is 5.97 Å². The highest BCUT2D eigenvalue weighted by atomic mass is 31.2. The fraction of sp³-hybridized carbons (Fsp3) is 0.697. The van der Waals surface area contributed by atoms with Gasteiger partial charge in [0.05, 0.1) is 33.8 Å². The van der Waals surface area contributed by atoms with Gasteiger partial charge in [-0.2, -0.15) is 0 Å². The third kappa shape index (κ3) is 55.4. The van der Waals surface area contributed by atoms with E-state index in [-0.39, 0.29) is 24.9 Å². The van der Waals surface area contributed by atoms with Gasteiger partial charge in [-0.25, -0.2) is 0 Å². The van der Waals surface area contributed by atoms with Crippen LogP contribution in [0.15, 0.2) is 109 Å². The van der Waals surface area contributed by atoms with E-state index in [0.717, 1.165) is 122 Å². The normalized spacial score (nSPS) is 14.5. The number of likely N-dealkylation sites (N-methyl/N-ethyl adjacent to an activating group) is 1. The molecule has 1 N–H and O–H groups in total. The minimum atomic E-state index is -4.71. The van der Waals surface area contributed by atoms with Crippen LogP contribution in [0.1, 0.15) is 245 Å². The molecule has 9 nitrogen and oxygen atoms in total. The number of nitrogens with one attached hydrogen (secondary N) is 1. The number of rotatable bonds is 54. The van der Waals surface area contributed by atoms with Gasteiger partial charge in [-0.05, 0) is 96.0 Å². The third-order valence-electron chi connectivity index (χ3n) is 13.0. The van der Waals surface area contributed by atoms with Crippen LogP contribution in [-0.4, -0.2) is 69.4 Å². The Morgan fingerprint density at radius 2 is 0.908 bits per heavy atom. The molecule has 3 atom stereocenters. The number of quaternary nitrogens is 1. The summed E-state index contributed by atoms with van der Waals surface area (Å²) < 4.78 is 30.3. The number of ether oxygens (including phenoxy) is 1. The fourth-order valence-corrected chi connectivity index (χ4v) is 9.04. The van der Waals surface area contributed by atoms with Crippen molar-refractivity contribution in [3.8, 4) is 0 Å². The lowest BCUT2D eigenvalue weighted by Crippen LogP contribution is -2.47. The Kier molecular flexibility index (Phi) is 52.6. The monoisotopic (exact) mass is 1080 g/mol. The molecular weight excluding hydrogens is 964 g/mol. The average molecular weight is 1080 g/mol. The number of nitrogens with zero attached hydrogens (tertiary/aromatic N) is 1. The molecule has 0 aliphatic rings. The molecule has 0 radical (unpaired) electrons. The van der Waals surface area contributed by atoms with Gasteiger partial charge in [0.1, 0.15) is 19.3 Å². The Morgan fingerprint density at radius 3 is 1.41 bits per heavy atom. The Balaban J connectivity index is 5.18. The maximum atomic E-state index is 13.5. The van der Waals surface area contributed by atoms with E-state index in [1.807, 2.05) is 39.4 Å². The molecule has 0 saturated heterocycles. The zero-order valence-electron chi connectivity index (χ0n) is 49.7. The lowest BCUT2D eigenvalue weighted by atomic mass is 10.0. The Morgan fingerprint density at radius 1 is 0.487 bits per heavy atom. The number of allylic oxidation sites excluding steroid dienone is 17. The molecule has 0 aromatic carbocycles. The van der Waals surface area contributed by atoms with Crippen LogP contribution in [0.3, 0.4) is 0 Å². The molecule has 3 unspecified atom stereocenters. The summed E-state index contributed by atoms with van der Waals surface area (Å²) >= 11 is 0. The highest BCUT2D eigenvalue weighted by Gasteiger charge is 2.27. The summed E-state index contributed by atoms with van der Waals surface area (Å²) in [6, 6.07) is -0.906. The van der Waals surface area contributed by atoms with Crippen LogP contribution >= 0.6 is 7.82 Å². The highest BCUT2D eigenvalue weighted by Crippen LogP contribution is 2.38. The Bertz CT molecular complexity index is 1670. The zero-order chi connectivity index (χ0) is 55.7. The topological polar surface area (TPSA) is 114 Å². The van der Waals surface area contributed by atoms with Crippen LogP contribution < -0.4 is 10.2 Å². The van der Waals surface area contributed by atoms with Gasteiger partial charge in [0, 0.05) is 12.8 Å². The Labute approximate surface area is 468 Å². The smallest absolute Gasteiger partial charge is 0.306 e. The molecule has 0 saturated carbocycles. The van der Waals surface area contributed by atoms with Crippen molar-refractivity contribution < 1.29 is 37.3 Å². The number of esters is 1. The van der Waals surface area contributed by atoms with Gasteiger partial charge in [0.15, 0.2) is 0 Å². The molecular formula is C66H115N2O7P. The van der Waals surface area contributed by atoms with E-state index >= 15 is 0 Å². The standard InChI is InChI=1S/C66H115N2O7P/c1-7-10-13-16-19-22-25-28-29-30-31-32-33-34-35-36-37-38-39-41-43-46-49-52-55-58-65(69)67-63(62-74-76(71,72)73-61-60-68(4,5)6)64(57-54-51-48-45-42-27-24-21-18-15-12-9-3)75-66(70)59-56-53-50-47-44-40-26-23-20-17-14-11-8-2/h10-11,13-14,17,19-20,22-23,26,28-29,31-32,34-35,54,57,63-64H,7-9,12,15-16,18,21,24-25,27,30,33,36-53,55-56,58-62H2,1-6H3,(H-,67,69,71,72)/b13-10-,14-11+,20-17+,22-19-,26-23-,29-28-,32-31-,35-34-,57-54-. The van der Waals surface area contributed by atoms with Gasteiger partial charge in [0.25, 0.3) is 7.82 Å². The van der Waals surface area contributed by atoms with Crippen molar-refractivity contribution >= 4 is 19.7 Å². The summed E-state index contributed by atoms with van der Waals surface area (Å²) in [7, 11) is 1.15. The van der Waals surface area contributed by atoms with E-state index in [1.54, 1.807) is 0 Å². The maximum absolute atomic E-state index is 13.5. The van der Waals surface area contributed by atoms with Crippen molar-refractivity contribution in [2.45, 2.75) is 258 Å². The lowest BCUT2D eigenvalue weighted by Gasteiger charge is -2.30. The molecule has 1 amide bonds. The largest absolute Gasteiger partial charge is 0.756 e. The second kappa shape index (κ2) is 55.0. The van der Waals surface area contributed by atoms with E-state index in [4.69, 9.17) is 13.8 Å². The number of hydrogen-bond acceptors (Lipinski definition) is 7. The quantitative estimate of drug-likeness (QED) is 0.0161. The van der Waals surface area contributed by atoms with Crippen LogP contribution in [0, 0.1) is 0 Å². The summed E-state index contributed by atoms with van der Waals surface area (Å²) in [5.74, 6) is -0.578. The van der Waals surface area contributed by atoms with Gasteiger partial charge < -0.3 is 28.5 Å². The van der Waals surface area contributed by atoms with E-state index in [9.17, 15) is 19.0 Å². The summed E-state index contributed by atoms with van der Waals surface area (Å²) in [5.41, 5.74) is 0. The van der Waals surface area contributed by atoms with E-state index < -0.39 is 26.6 Å². The molecule has 0 fully saturated rings. The first-order valence-corrected chi connectivity index (χ1v) is 32.2. The highest BCUT2D eigenvalue weighted by molar-refractivity contribution is 7.45. The van der Waals surface area contributed by atoms with Crippen LogP contribution in [0.5, 0.6) is 0 Å². The molecule has 436 valence electrons. The van der Waals surface area contributed by atoms with Gasteiger partial charge in [-0.15, -0.1) is 0 Å². The van der Waals surface area contributed by atoms with Gasteiger partial charge in [0.2, 0.25) is 5.91 Å². The molecule has 0 aliphatic carbocycles. The average Bonchev–Trinajstić information content (AvgIpc) is 3.38. The number of unbranched alkanes of at least 4 members (excludes halogenated alkanes) is 24. The number of carbonyl (C=O) groups is 2. The predicted molar refractivity (Wildman–Crippen MR) is 325 cm³/mol. The van der Waals surface area contributed by atoms with E-state index in [2.05, 4.69) is 117 Å². The van der Waals surface area contributed by atoms with E-state index in [0.29, 0.717) is 23.9 Å². The minimum Gasteiger partial charge on any atom is -0.756 e. The van der Waals surface area contributed by atoms with Crippen molar-refractivity contribution in [1.82, 2.24) is 5.32 Å². The molecule has 0 aliphatic heterocycles. The SMILES string of the molecule is CC/C=C\C/C=C\C/C=C\C/C=C\C/C=C\CCCCCCCCCCCC(=O)NC(COP(=O)([O-])OCC[N+](C)(C)C)C(/C=C\CCCCCCCCCCCC)OC(=O)CCCCCCC\C=C/C=C/C=C/CC. The number of amides is 1. The van der Waals surface area contributed by atoms with Gasteiger partial charge in [-0.3, -0.25) is 14.2 Å². The van der Waals surface area contributed by atoms with E-state index in [1.165, 1.54) is 83.5 Å². The summed E-state index contributed by atoms with van der Waals surface area (Å²) in [6.45, 7) is 6.56. The number of carbonyl (C=O) groups excluding carboxylic acids is 2. The molecule has 0 rings (SSSR count). The fourth-order valence-electron chi connectivity index (χ4n) is 8.31. The zero-order valence-corrected chi connectivity index (χ0v) is 50.6. The van der Waals surface area contributed by atoms with Crippen molar-refractivity contribution in [2.24, 2.45) is 0 Å². The van der Waals surface area contributed by atoms with Crippen molar-refractivity contribution in [3.63, 3.8) is 0 Å². The predicted octanol–water partition coefficient (Wildman–Crippen LogP) is 18.3. The number of phosphoric ester groups is 1. The van der Waals surface area contributed by atoms with Crippen LogP contribution in [0.4, 0.5) is 0 Å². The molecule has 0 spiro atoms. The first-order chi connectivity index (χ1) is 36.9. The molecule has 10 heteroatoms. The molecule has 0 aromatic heterocycles. The second-order valence-electron chi connectivity index (χ2n) is 21.5. The van der Waals surface area contributed by atoms with Crippen LogP contribution in [-0.2, 0) is 27.9 Å². The number of hydrogen-bond donors (Lipinski definition) is 1. The third-order valence-corrected chi connectivity index (χ3v) is 14.0.